The van der Waals surface area contributed by atoms with Crippen molar-refractivity contribution < 1.29 is 18.9 Å². The Hall–Kier alpha value is -9.65. The maximum Gasteiger partial charge on any atom is 0.260 e. The molecule has 0 fully saturated rings. The molecular formula is C66H40B2N2O4. The van der Waals surface area contributed by atoms with Crippen molar-refractivity contribution in [3.63, 3.8) is 0 Å². The lowest BCUT2D eigenvalue weighted by Gasteiger charge is -2.35. The Morgan fingerprint density at radius 1 is 0.216 bits per heavy atom. The van der Waals surface area contributed by atoms with Crippen molar-refractivity contribution in [2.24, 2.45) is 0 Å². The van der Waals surface area contributed by atoms with Gasteiger partial charge in [-0.1, -0.05) is 146 Å². The quantitative estimate of drug-likeness (QED) is 0.122. The summed E-state index contributed by atoms with van der Waals surface area (Å²) in [4.78, 5) is 4.53. The fourth-order valence-electron chi connectivity index (χ4n) is 12.3. The molecule has 0 aromatic heterocycles. The number of hydrogen-bond acceptors (Lipinski definition) is 6. The van der Waals surface area contributed by atoms with Crippen molar-refractivity contribution in [3.8, 4) is 46.0 Å². The molecule has 0 unspecified atom stereocenters. The predicted molar refractivity (Wildman–Crippen MR) is 304 cm³/mol. The molecule has 0 bridgehead atoms. The summed E-state index contributed by atoms with van der Waals surface area (Å²) in [6.45, 7) is -0.289. The second-order valence-electron chi connectivity index (χ2n) is 19.5. The Kier molecular flexibility index (Phi) is 8.83. The van der Waals surface area contributed by atoms with Gasteiger partial charge in [-0.05, 0) is 127 Å². The average Bonchev–Trinajstić information content (AvgIpc) is 3.45. The van der Waals surface area contributed by atoms with Gasteiger partial charge in [-0.2, -0.15) is 0 Å². The van der Waals surface area contributed by atoms with Crippen molar-refractivity contribution >= 4 is 113 Å². The standard InChI is InChI=1S/C66H40B2N2O4/c1-5-19-41(20-6-1)69(42-21-7-2-8-22-42)45-33-61-65-63(35-45)73-59-39-51-47-27-13-14-28-48(47)52-40-60-56(38-50(52)49(51)37-55(59)67(65)53-29-15-17-31-57(53)71-61)68-54-30-16-18-32-58(54)72-62-34-46(36-64(74-60)66(62)68)70(43-23-9-3-10-24-43)44-25-11-4-12-26-44/h1-40H. The fraction of sp³-hybridized carbons (Fsp3) is 0. The van der Waals surface area contributed by atoms with E-state index in [-0.39, 0.29) is 13.4 Å². The van der Waals surface area contributed by atoms with Crippen LogP contribution in [-0.2, 0) is 0 Å². The molecule has 12 aromatic carbocycles. The first-order valence-corrected chi connectivity index (χ1v) is 25.2. The molecule has 0 atom stereocenters. The Labute approximate surface area is 428 Å². The van der Waals surface area contributed by atoms with E-state index in [1.807, 2.05) is 0 Å². The van der Waals surface area contributed by atoms with E-state index in [2.05, 4.69) is 252 Å². The summed E-state index contributed by atoms with van der Waals surface area (Å²) in [6.07, 6.45) is 0. The normalized spacial score (nSPS) is 13.0. The van der Waals surface area contributed by atoms with Crippen LogP contribution < -0.4 is 61.5 Å². The molecule has 0 saturated heterocycles. The van der Waals surface area contributed by atoms with E-state index >= 15 is 0 Å². The SMILES string of the molecule is c1ccc(N(c2ccccc2)c2cc3c4c(c2)Oc2cc5c6ccccc6c6cc7c(cc6c5cc2B4c2ccccc2O3)B2c3ccccc3Oc3cc(N(c4ccccc4)c4ccccc4)cc(c32)O7)cc1. The molecule has 0 radical (unpaired) electrons. The smallest absolute Gasteiger partial charge is 0.260 e. The van der Waals surface area contributed by atoms with E-state index in [1.54, 1.807) is 0 Å². The molecular weight excluding hydrogens is 906 g/mol. The predicted octanol–water partition coefficient (Wildman–Crippen LogP) is 13.5. The summed E-state index contributed by atoms with van der Waals surface area (Å²) in [5.74, 6) is 6.47. The lowest BCUT2D eigenvalue weighted by molar-refractivity contribution is 0.464. The summed E-state index contributed by atoms with van der Waals surface area (Å²) in [5, 5.41) is 6.84. The van der Waals surface area contributed by atoms with Crippen molar-refractivity contribution in [2.75, 3.05) is 9.80 Å². The third kappa shape index (κ3) is 6.15. The molecule has 0 amide bonds. The van der Waals surface area contributed by atoms with Gasteiger partial charge in [-0.25, -0.2) is 0 Å². The van der Waals surface area contributed by atoms with E-state index in [9.17, 15) is 0 Å². The molecule has 4 aliphatic heterocycles. The van der Waals surface area contributed by atoms with E-state index in [0.29, 0.717) is 0 Å². The highest BCUT2D eigenvalue weighted by molar-refractivity contribution is 6.99. The van der Waals surface area contributed by atoms with Crippen LogP contribution in [0.1, 0.15) is 0 Å². The third-order valence-electron chi connectivity index (χ3n) is 15.4. The van der Waals surface area contributed by atoms with Crippen molar-refractivity contribution in [1.29, 1.82) is 0 Å². The van der Waals surface area contributed by atoms with Crippen LogP contribution in [0.4, 0.5) is 34.1 Å². The molecule has 0 aliphatic carbocycles. The molecule has 0 spiro atoms. The molecule has 4 aliphatic rings. The van der Waals surface area contributed by atoms with Gasteiger partial charge in [-0.3, -0.25) is 0 Å². The summed E-state index contributed by atoms with van der Waals surface area (Å²) < 4.78 is 28.3. The molecule has 6 nitrogen and oxygen atoms in total. The summed E-state index contributed by atoms with van der Waals surface area (Å²) in [6, 6.07) is 85.6. The van der Waals surface area contributed by atoms with Gasteiger partial charge in [0.15, 0.2) is 0 Å². The van der Waals surface area contributed by atoms with Gasteiger partial charge in [0.05, 0.1) is 11.4 Å². The van der Waals surface area contributed by atoms with Gasteiger partial charge in [0.1, 0.15) is 46.0 Å². The highest BCUT2D eigenvalue weighted by Crippen LogP contribution is 2.47. The second-order valence-corrected chi connectivity index (χ2v) is 19.5. The van der Waals surface area contributed by atoms with E-state index in [4.69, 9.17) is 18.9 Å². The Morgan fingerprint density at radius 3 is 0.878 bits per heavy atom. The first-order valence-electron chi connectivity index (χ1n) is 25.2. The van der Waals surface area contributed by atoms with Gasteiger partial charge in [0.2, 0.25) is 0 Å². The zero-order valence-electron chi connectivity index (χ0n) is 39.8. The zero-order valence-corrected chi connectivity index (χ0v) is 39.8. The Balaban J connectivity index is 0.906. The van der Waals surface area contributed by atoms with Gasteiger partial charge >= 0.3 is 0 Å². The van der Waals surface area contributed by atoms with Crippen LogP contribution >= 0.6 is 0 Å². The molecule has 344 valence electrons. The van der Waals surface area contributed by atoms with Crippen LogP contribution in [0.5, 0.6) is 46.0 Å². The number of anilines is 6. The number of ether oxygens (including phenoxy) is 4. The summed E-state index contributed by atoms with van der Waals surface area (Å²) in [7, 11) is 0. The van der Waals surface area contributed by atoms with Gasteiger partial charge in [0.25, 0.3) is 13.4 Å². The Morgan fingerprint density at radius 2 is 0.514 bits per heavy atom. The van der Waals surface area contributed by atoms with E-state index in [1.165, 1.54) is 0 Å². The first kappa shape index (κ1) is 41.0. The maximum atomic E-state index is 7.23. The number of para-hydroxylation sites is 6. The average molecular weight is 947 g/mol. The summed E-state index contributed by atoms with van der Waals surface area (Å²) >= 11 is 0. The number of rotatable bonds is 6. The van der Waals surface area contributed by atoms with Crippen molar-refractivity contribution in [3.05, 3.63) is 243 Å². The van der Waals surface area contributed by atoms with Gasteiger partial charge < -0.3 is 28.7 Å². The number of hydrogen-bond donors (Lipinski definition) is 0. The molecule has 8 heteroatoms. The highest BCUT2D eigenvalue weighted by atomic mass is 16.5. The third-order valence-corrected chi connectivity index (χ3v) is 15.4. The molecule has 0 N–H and O–H groups in total. The largest absolute Gasteiger partial charge is 0.458 e. The van der Waals surface area contributed by atoms with Crippen LogP contribution in [-0.4, -0.2) is 13.4 Å². The number of nitrogens with zero attached hydrogens (tertiary/aromatic N) is 2. The fourth-order valence-corrected chi connectivity index (χ4v) is 12.3. The molecule has 16 rings (SSSR count). The zero-order chi connectivity index (χ0) is 48.4. The van der Waals surface area contributed by atoms with Crippen LogP contribution in [0.15, 0.2) is 243 Å². The van der Waals surface area contributed by atoms with Gasteiger partial charge in [0, 0.05) is 57.9 Å². The number of fused-ring (bicyclic) bond motifs is 14. The minimum absolute atomic E-state index is 0.145. The monoisotopic (exact) mass is 946 g/mol. The molecule has 0 saturated carbocycles. The van der Waals surface area contributed by atoms with E-state index < -0.39 is 0 Å². The van der Waals surface area contributed by atoms with Crippen LogP contribution in [0, 0.1) is 0 Å². The topological polar surface area (TPSA) is 43.4 Å². The lowest BCUT2D eigenvalue weighted by atomic mass is 9.34. The number of benzene rings is 12. The van der Waals surface area contributed by atoms with Crippen LogP contribution in [0.25, 0.3) is 32.3 Å². The minimum atomic E-state index is -0.145. The second kappa shape index (κ2) is 15.9. The van der Waals surface area contributed by atoms with E-state index in [0.717, 1.165) is 145 Å². The van der Waals surface area contributed by atoms with Crippen molar-refractivity contribution in [1.82, 2.24) is 0 Å². The van der Waals surface area contributed by atoms with Crippen molar-refractivity contribution in [2.45, 2.75) is 0 Å². The summed E-state index contributed by atoms with van der Waals surface area (Å²) in [5.41, 5.74) is 12.5. The highest BCUT2D eigenvalue weighted by Gasteiger charge is 2.43. The Bertz CT molecular complexity index is 3930. The van der Waals surface area contributed by atoms with Crippen LogP contribution in [0.2, 0.25) is 0 Å². The van der Waals surface area contributed by atoms with Crippen LogP contribution in [0.3, 0.4) is 0 Å². The lowest BCUT2D eigenvalue weighted by Crippen LogP contribution is -2.57. The maximum absolute atomic E-state index is 7.23. The first-order chi connectivity index (χ1) is 36.7. The molecule has 4 heterocycles. The molecule has 74 heavy (non-hydrogen) atoms. The van der Waals surface area contributed by atoms with Gasteiger partial charge in [-0.15, -0.1) is 0 Å². The molecule has 12 aromatic rings. The minimum Gasteiger partial charge on any atom is -0.458 e.